The largest absolute Gasteiger partial charge is 0.376 e. The van der Waals surface area contributed by atoms with Crippen LogP contribution in [0.5, 0.6) is 0 Å². The van der Waals surface area contributed by atoms with E-state index >= 15 is 0 Å². The molecule has 0 unspecified atom stereocenters. The molecule has 0 aromatic carbocycles. The fourth-order valence-corrected chi connectivity index (χ4v) is 2.22. The zero-order chi connectivity index (χ0) is 13.5. The van der Waals surface area contributed by atoms with E-state index < -0.39 is 0 Å². The van der Waals surface area contributed by atoms with Gasteiger partial charge in [0.15, 0.2) is 0 Å². The van der Waals surface area contributed by atoms with Gasteiger partial charge in [0.05, 0.1) is 18.3 Å². The molecule has 0 amide bonds. The van der Waals surface area contributed by atoms with Crippen LogP contribution in [-0.2, 0) is 4.74 Å². The molecule has 19 heavy (non-hydrogen) atoms. The van der Waals surface area contributed by atoms with E-state index in [1.165, 1.54) is 0 Å². The topological polar surface area (TPSA) is 84.0 Å². The minimum Gasteiger partial charge on any atom is -0.376 e. The molecule has 0 atom stereocenters. The third kappa shape index (κ3) is 4.51. The Bertz CT molecular complexity index is 418. The number of hydrogen-bond donors (Lipinski definition) is 2. The predicted octanol–water partition coefficient (Wildman–Crippen LogP) is 1.65. The molecule has 0 spiro atoms. The highest BCUT2D eigenvalue weighted by Gasteiger charge is 2.18. The number of ether oxygens (including phenoxy) is 1. The van der Waals surface area contributed by atoms with Gasteiger partial charge in [-0.05, 0) is 37.8 Å². The van der Waals surface area contributed by atoms with Crippen molar-refractivity contribution in [2.45, 2.75) is 37.8 Å². The average Bonchev–Trinajstić information content (AvgIpc) is 2.46. The van der Waals surface area contributed by atoms with Crippen molar-refractivity contribution in [1.29, 1.82) is 5.26 Å². The molecule has 3 N–H and O–H groups in total. The zero-order valence-electron chi connectivity index (χ0n) is 11.0. The molecule has 2 rings (SSSR count). The first-order valence-electron chi connectivity index (χ1n) is 6.75. The molecule has 1 aliphatic carbocycles. The van der Waals surface area contributed by atoms with E-state index in [1.807, 2.05) is 6.07 Å². The Balaban J connectivity index is 1.62. The summed E-state index contributed by atoms with van der Waals surface area (Å²) in [4.78, 5) is 4.14. The van der Waals surface area contributed by atoms with Crippen molar-refractivity contribution in [3.63, 3.8) is 0 Å². The number of pyridine rings is 1. The molecule has 0 radical (unpaired) electrons. The summed E-state index contributed by atoms with van der Waals surface area (Å²) < 4.78 is 5.80. The Labute approximate surface area is 113 Å². The lowest BCUT2D eigenvalue weighted by Gasteiger charge is -2.26. The molecule has 1 saturated carbocycles. The molecular weight excluding hydrogens is 240 g/mol. The van der Waals surface area contributed by atoms with Gasteiger partial charge in [0, 0.05) is 18.8 Å². The number of nitrogens with two attached hydrogens (primary N) is 1. The van der Waals surface area contributed by atoms with E-state index in [0.29, 0.717) is 24.3 Å². The van der Waals surface area contributed by atoms with E-state index in [2.05, 4.69) is 10.3 Å². The second-order valence-corrected chi connectivity index (χ2v) is 4.88. The molecule has 5 heteroatoms. The molecule has 1 aromatic heterocycles. The third-order valence-electron chi connectivity index (χ3n) is 3.37. The number of rotatable bonds is 5. The number of nitrogens with one attached hydrogen (secondary N) is 1. The summed E-state index contributed by atoms with van der Waals surface area (Å²) in [6.45, 7) is 1.39. The van der Waals surface area contributed by atoms with E-state index in [4.69, 9.17) is 15.7 Å². The van der Waals surface area contributed by atoms with Crippen LogP contribution in [0.25, 0.3) is 0 Å². The van der Waals surface area contributed by atoms with E-state index in [0.717, 1.165) is 38.0 Å². The maximum Gasteiger partial charge on any atom is 0.126 e. The second-order valence-electron chi connectivity index (χ2n) is 4.88. The number of hydrogen-bond acceptors (Lipinski definition) is 5. The van der Waals surface area contributed by atoms with Crippen LogP contribution >= 0.6 is 0 Å². The van der Waals surface area contributed by atoms with Gasteiger partial charge in [0.2, 0.25) is 0 Å². The van der Waals surface area contributed by atoms with Crippen molar-refractivity contribution in [1.82, 2.24) is 4.98 Å². The standard InChI is InChI=1S/C14H20N4O/c15-9-11-1-6-14(18-10-11)17-7-8-19-13-4-2-12(16)3-5-13/h1,6,10,12-13H,2-5,7-8,16H2,(H,17,18). The van der Waals surface area contributed by atoms with Crippen LogP contribution < -0.4 is 11.1 Å². The average molecular weight is 260 g/mol. The van der Waals surface area contributed by atoms with Crippen molar-refractivity contribution in [3.8, 4) is 6.07 Å². The van der Waals surface area contributed by atoms with Gasteiger partial charge >= 0.3 is 0 Å². The molecule has 1 heterocycles. The highest BCUT2D eigenvalue weighted by Crippen LogP contribution is 2.19. The SMILES string of the molecule is N#Cc1ccc(NCCOC2CCC(N)CC2)nc1. The van der Waals surface area contributed by atoms with Crippen LogP contribution in [-0.4, -0.2) is 30.3 Å². The Kier molecular flexibility index (Phi) is 5.13. The van der Waals surface area contributed by atoms with Crippen molar-refractivity contribution in [2.24, 2.45) is 5.73 Å². The zero-order valence-corrected chi connectivity index (χ0v) is 11.0. The van der Waals surface area contributed by atoms with Crippen LogP contribution in [0.1, 0.15) is 31.2 Å². The van der Waals surface area contributed by atoms with E-state index in [1.54, 1.807) is 18.3 Å². The van der Waals surface area contributed by atoms with Gasteiger partial charge < -0.3 is 15.8 Å². The quantitative estimate of drug-likeness (QED) is 0.786. The van der Waals surface area contributed by atoms with Crippen molar-refractivity contribution < 1.29 is 4.74 Å². The number of anilines is 1. The molecule has 0 saturated heterocycles. The molecule has 0 aliphatic heterocycles. The highest BCUT2D eigenvalue weighted by atomic mass is 16.5. The van der Waals surface area contributed by atoms with Crippen molar-refractivity contribution >= 4 is 5.82 Å². The van der Waals surface area contributed by atoms with Crippen LogP contribution in [0.15, 0.2) is 18.3 Å². The fraction of sp³-hybridized carbons (Fsp3) is 0.571. The summed E-state index contributed by atoms with van der Waals surface area (Å²) >= 11 is 0. The first kappa shape index (κ1) is 13.8. The van der Waals surface area contributed by atoms with Crippen LogP contribution in [0, 0.1) is 11.3 Å². The minimum atomic E-state index is 0.357. The third-order valence-corrected chi connectivity index (χ3v) is 3.37. The van der Waals surface area contributed by atoms with Gasteiger partial charge in [0.25, 0.3) is 0 Å². The van der Waals surface area contributed by atoms with Crippen LogP contribution in [0.3, 0.4) is 0 Å². The summed E-state index contributed by atoms with van der Waals surface area (Å²) in [5, 5.41) is 11.8. The lowest BCUT2D eigenvalue weighted by molar-refractivity contribution is 0.0313. The first-order chi connectivity index (χ1) is 9.28. The van der Waals surface area contributed by atoms with Gasteiger partial charge in [-0.1, -0.05) is 0 Å². The van der Waals surface area contributed by atoms with E-state index in [-0.39, 0.29) is 0 Å². The Hall–Kier alpha value is -1.64. The monoisotopic (exact) mass is 260 g/mol. The second kappa shape index (κ2) is 7.07. The number of nitriles is 1. The van der Waals surface area contributed by atoms with Crippen LogP contribution in [0.4, 0.5) is 5.82 Å². The fourth-order valence-electron chi connectivity index (χ4n) is 2.22. The summed E-state index contributed by atoms with van der Waals surface area (Å²) in [5.41, 5.74) is 6.42. The van der Waals surface area contributed by atoms with Crippen molar-refractivity contribution in [3.05, 3.63) is 23.9 Å². The van der Waals surface area contributed by atoms with E-state index in [9.17, 15) is 0 Å². The molecular formula is C14H20N4O. The lowest BCUT2D eigenvalue weighted by atomic mass is 9.94. The number of aromatic nitrogens is 1. The summed E-state index contributed by atoms with van der Waals surface area (Å²) in [6, 6.07) is 5.96. The Morgan fingerprint density at radius 1 is 1.37 bits per heavy atom. The molecule has 0 bridgehead atoms. The molecule has 1 fully saturated rings. The predicted molar refractivity (Wildman–Crippen MR) is 73.6 cm³/mol. The number of nitrogens with zero attached hydrogens (tertiary/aromatic N) is 2. The lowest BCUT2D eigenvalue weighted by Crippen LogP contribution is -2.31. The van der Waals surface area contributed by atoms with Crippen LogP contribution in [0.2, 0.25) is 0 Å². The minimum absolute atomic E-state index is 0.357. The summed E-state index contributed by atoms with van der Waals surface area (Å²) in [6.07, 6.45) is 6.18. The summed E-state index contributed by atoms with van der Waals surface area (Å²) in [5.74, 6) is 0.772. The highest BCUT2D eigenvalue weighted by molar-refractivity contribution is 5.38. The van der Waals surface area contributed by atoms with Crippen molar-refractivity contribution in [2.75, 3.05) is 18.5 Å². The molecule has 1 aliphatic rings. The van der Waals surface area contributed by atoms with Gasteiger partial charge in [-0.25, -0.2) is 4.98 Å². The maximum absolute atomic E-state index is 8.67. The normalized spacial score (nSPS) is 22.7. The Morgan fingerprint density at radius 3 is 2.79 bits per heavy atom. The first-order valence-corrected chi connectivity index (χ1v) is 6.75. The smallest absolute Gasteiger partial charge is 0.126 e. The Morgan fingerprint density at radius 2 is 2.16 bits per heavy atom. The van der Waals surface area contributed by atoms with Gasteiger partial charge in [-0.15, -0.1) is 0 Å². The van der Waals surface area contributed by atoms with Gasteiger partial charge in [-0.2, -0.15) is 5.26 Å². The molecule has 102 valence electrons. The molecule has 1 aromatic rings. The van der Waals surface area contributed by atoms with Gasteiger partial charge in [0.1, 0.15) is 11.9 Å². The molecule has 5 nitrogen and oxygen atoms in total. The van der Waals surface area contributed by atoms with Gasteiger partial charge in [-0.3, -0.25) is 0 Å². The summed E-state index contributed by atoms with van der Waals surface area (Å²) in [7, 11) is 0. The maximum atomic E-state index is 8.67.